The van der Waals surface area contributed by atoms with E-state index in [1.165, 1.54) is 24.2 Å². The number of amides is 3. The van der Waals surface area contributed by atoms with Gasteiger partial charge in [0.25, 0.3) is 5.91 Å². The molecule has 9 nitrogen and oxygen atoms in total. The predicted molar refractivity (Wildman–Crippen MR) is 107 cm³/mol. The summed E-state index contributed by atoms with van der Waals surface area (Å²) in [4.78, 5) is 33.9. The molecule has 0 saturated carbocycles. The Labute approximate surface area is 169 Å². The Kier molecular flexibility index (Phi) is 5.69. The molecule has 2 aromatic rings. The number of pyridine rings is 2. The Bertz CT molecular complexity index is 931. The van der Waals surface area contributed by atoms with E-state index in [1.54, 1.807) is 25.1 Å². The minimum Gasteiger partial charge on any atom is -0.455 e. The van der Waals surface area contributed by atoms with Gasteiger partial charge in [-0.3, -0.25) is 20.0 Å². The van der Waals surface area contributed by atoms with Gasteiger partial charge in [0.2, 0.25) is 0 Å². The number of hydrogen-bond acceptors (Lipinski definition) is 6. The van der Waals surface area contributed by atoms with E-state index in [1.807, 2.05) is 13.8 Å². The van der Waals surface area contributed by atoms with Crippen LogP contribution in [0.15, 0.2) is 30.5 Å². The van der Waals surface area contributed by atoms with Crippen LogP contribution in [0.5, 0.6) is 11.5 Å². The van der Waals surface area contributed by atoms with Crippen LogP contribution in [0.1, 0.15) is 36.5 Å². The summed E-state index contributed by atoms with van der Waals surface area (Å²) in [5.74, 6) is 0.982. The van der Waals surface area contributed by atoms with Crippen LogP contribution in [0.4, 0.5) is 10.6 Å². The Balaban J connectivity index is 1.69. The molecule has 3 N–H and O–H groups in total. The number of rotatable bonds is 4. The fourth-order valence-corrected chi connectivity index (χ4v) is 3.06. The Morgan fingerprint density at radius 3 is 2.69 bits per heavy atom. The monoisotopic (exact) mass is 399 g/mol. The van der Waals surface area contributed by atoms with Crippen molar-refractivity contribution in [3.8, 4) is 11.5 Å². The van der Waals surface area contributed by atoms with E-state index in [4.69, 9.17) is 4.74 Å². The lowest BCUT2D eigenvalue weighted by Crippen LogP contribution is -2.42. The summed E-state index contributed by atoms with van der Waals surface area (Å²) in [6.45, 7) is 6.08. The summed E-state index contributed by atoms with van der Waals surface area (Å²) >= 11 is 0. The number of nitrogens with zero attached hydrogens (tertiary/aromatic N) is 3. The molecule has 1 aliphatic heterocycles. The summed E-state index contributed by atoms with van der Waals surface area (Å²) in [6.07, 6.45) is 1.37. The SMILES string of the molecule is CNC(=O)c1cc(Oc2ccc(NC(=O)N3CCC(C)(C)C3O)nc2C)ccn1. The first-order chi connectivity index (χ1) is 13.7. The summed E-state index contributed by atoms with van der Waals surface area (Å²) < 4.78 is 5.80. The van der Waals surface area contributed by atoms with Gasteiger partial charge >= 0.3 is 6.03 Å². The highest BCUT2D eigenvalue weighted by Crippen LogP contribution is 2.34. The van der Waals surface area contributed by atoms with Crippen LogP contribution >= 0.6 is 0 Å². The van der Waals surface area contributed by atoms with Crippen LogP contribution in [0.2, 0.25) is 0 Å². The number of ether oxygens (including phenoxy) is 1. The summed E-state index contributed by atoms with van der Waals surface area (Å²) in [7, 11) is 1.53. The van der Waals surface area contributed by atoms with Crippen molar-refractivity contribution in [1.29, 1.82) is 0 Å². The van der Waals surface area contributed by atoms with E-state index >= 15 is 0 Å². The quantitative estimate of drug-likeness (QED) is 0.727. The lowest BCUT2D eigenvalue weighted by atomic mass is 9.91. The molecule has 1 aliphatic rings. The molecule has 0 spiro atoms. The molecule has 154 valence electrons. The van der Waals surface area contributed by atoms with E-state index in [0.29, 0.717) is 29.6 Å². The smallest absolute Gasteiger partial charge is 0.325 e. The van der Waals surface area contributed by atoms with Crippen LogP contribution in [0.25, 0.3) is 0 Å². The second kappa shape index (κ2) is 8.04. The summed E-state index contributed by atoms with van der Waals surface area (Å²) in [5, 5.41) is 15.5. The zero-order valence-electron chi connectivity index (χ0n) is 16.9. The van der Waals surface area contributed by atoms with Gasteiger partial charge in [-0.25, -0.2) is 9.78 Å². The molecule has 0 aliphatic carbocycles. The fraction of sp³-hybridized carbons (Fsp3) is 0.400. The van der Waals surface area contributed by atoms with E-state index in [0.717, 1.165) is 6.42 Å². The number of likely N-dealkylation sites (tertiary alicyclic amines) is 1. The molecule has 1 atom stereocenters. The van der Waals surface area contributed by atoms with E-state index in [-0.39, 0.29) is 17.0 Å². The minimum atomic E-state index is -0.840. The van der Waals surface area contributed by atoms with Crippen molar-refractivity contribution < 1.29 is 19.4 Å². The number of hydrogen-bond donors (Lipinski definition) is 3. The van der Waals surface area contributed by atoms with Crippen molar-refractivity contribution in [3.63, 3.8) is 0 Å². The third kappa shape index (κ3) is 4.45. The molecule has 29 heavy (non-hydrogen) atoms. The molecule has 1 fully saturated rings. The number of aromatic nitrogens is 2. The lowest BCUT2D eigenvalue weighted by Gasteiger charge is -2.27. The molecule has 1 saturated heterocycles. The average Bonchev–Trinajstić information content (AvgIpc) is 2.96. The van der Waals surface area contributed by atoms with Crippen LogP contribution in [0, 0.1) is 12.3 Å². The van der Waals surface area contributed by atoms with Gasteiger partial charge < -0.3 is 15.2 Å². The van der Waals surface area contributed by atoms with Crippen LogP contribution in [-0.2, 0) is 0 Å². The summed E-state index contributed by atoms with van der Waals surface area (Å²) in [6, 6.07) is 6.08. The number of carbonyl (C=O) groups is 2. The van der Waals surface area contributed by atoms with Crippen LogP contribution in [-0.4, -0.2) is 51.7 Å². The van der Waals surface area contributed by atoms with E-state index < -0.39 is 12.3 Å². The number of aliphatic hydroxyl groups is 1. The first-order valence-electron chi connectivity index (χ1n) is 9.30. The van der Waals surface area contributed by atoms with E-state index in [2.05, 4.69) is 20.6 Å². The first kappa shape index (κ1) is 20.5. The van der Waals surface area contributed by atoms with Gasteiger partial charge in [0.05, 0.1) is 5.69 Å². The average molecular weight is 399 g/mol. The third-order valence-electron chi connectivity index (χ3n) is 4.94. The molecule has 0 aromatic carbocycles. The van der Waals surface area contributed by atoms with Crippen molar-refractivity contribution in [2.75, 3.05) is 18.9 Å². The molecule has 9 heteroatoms. The van der Waals surface area contributed by atoms with Crippen molar-refractivity contribution in [2.45, 2.75) is 33.4 Å². The van der Waals surface area contributed by atoms with Gasteiger partial charge in [-0.15, -0.1) is 0 Å². The molecule has 1 unspecified atom stereocenters. The van der Waals surface area contributed by atoms with E-state index in [9.17, 15) is 14.7 Å². The zero-order chi connectivity index (χ0) is 21.2. The number of aliphatic hydroxyl groups excluding tert-OH is 1. The Morgan fingerprint density at radius 2 is 2.07 bits per heavy atom. The molecule has 3 rings (SSSR count). The highest BCUT2D eigenvalue weighted by molar-refractivity contribution is 5.92. The van der Waals surface area contributed by atoms with Gasteiger partial charge in [-0.05, 0) is 31.5 Å². The maximum atomic E-state index is 12.5. The topological polar surface area (TPSA) is 117 Å². The minimum absolute atomic E-state index is 0.242. The second-order valence-corrected chi connectivity index (χ2v) is 7.57. The van der Waals surface area contributed by atoms with Crippen LogP contribution in [0.3, 0.4) is 0 Å². The maximum Gasteiger partial charge on any atom is 0.325 e. The number of urea groups is 1. The third-order valence-corrected chi connectivity index (χ3v) is 4.94. The standard InChI is InChI=1S/C20H25N5O4/c1-12-15(29-13-7-9-22-14(11-13)17(26)21-4)5-6-16(23-12)24-19(28)25-10-8-20(2,3)18(25)27/h5-7,9,11,18,27H,8,10H2,1-4H3,(H,21,26)(H,23,24,28). The number of nitrogens with one attached hydrogen (secondary N) is 2. The lowest BCUT2D eigenvalue weighted by molar-refractivity contribution is -0.00118. The van der Waals surface area contributed by atoms with Crippen molar-refractivity contribution in [2.24, 2.45) is 5.41 Å². The normalized spacial score (nSPS) is 17.7. The number of carbonyl (C=O) groups excluding carboxylic acids is 2. The molecule has 3 amide bonds. The predicted octanol–water partition coefficient (Wildman–Crippen LogP) is 2.52. The van der Waals surface area contributed by atoms with Crippen molar-refractivity contribution in [1.82, 2.24) is 20.2 Å². The summed E-state index contributed by atoms with van der Waals surface area (Å²) in [5.41, 5.74) is 0.464. The van der Waals surface area contributed by atoms with Gasteiger partial charge in [0.1, 0.15) is 29.2 Å². The van der Waals surface area contributed by atoms with Crippen molar-refractivity contribution >= 4 is 17.8 Å². The fourth-order valence-electron chi connectivity index (χ4n) is 3.06. The Hall–Kier alpha value is -3.20. The van der Waals surface area contributed by atoms with Gasteiger partial charge in [0, 0.05) is 31.3 Å². The Morgan fingerprint density at radius 1 is 1.31 bits per heavy atom. The first-order valence-corrected chi connectivity index (χ1v) is 9.30. The highest BCUT2D eigenvalue weighted by atomic mass is 16.5. The van der Waals surface area contributed by atoms with Crippen LogP contribution < -0.4 is 15.4 Å². The van der Waals surface area contributed by atoms with Gasteiger partial charge in [-0.2, -0.15) is 0 Å². The molecular formula is C20H25N5O4. The molecule has 3 heterocycles. The molecule has 0 bridgehead atoms. The second-order valence-electron chi connectivity index (χ2n) is 7.57. The number of aryl methyl sites for hydroxylation is 1. The van der Waals surface area contributed by atoms with Gasteiger partial charge in [-0.1, -0.05) is 13.8 Å². The highest BCUT2D eigenvalue weighted by Gasteiger charge is 2.41. The molecule has 0 radical (unpaired) electrons. The van der Waals surface area contributed by atoms with Crippen molar-refractivity contribution in [3.05, 3.63) is 41.9 Å². The molecular weight excluding hydrogens is 374 g/mol. The number of anilines is 1. The van der Waals surface area contributed by atoms with Gasteiger partial charge in [0.15, 0.2) is 0 Å². The molecule has 2 aromatic heterocycles. The largest absolute Gasteiger partial charge is 0.455 e. The maximum absolute atomic E-state index is 12.5. The zero-order valence-corrected chi connectivity index (χ0v) is 16.9.